The number of hydrogen-bond acceptors (Lipinski definition) is 9. The number of rotatable bonds is 6. The molecule has 2 atom stereocenters. The fourth-order valence-corrected chi connectivity index (χ4v) is 5.68. The highest BCUT2D eigenvalue weighted by Crippen LogP contribution is 2.42. The van der Waals surface area contributed by atoms with Crippen LogP contribution in [-0.2, 0) is 4.79 Å². The van der Waals surface area contributed by atoms with Gasteiger partial charge in [-0.2, -0.15) is 15.1 Å². The Morgan fingerprint density at radius 3 is 2.70 bits per heavy atom. The van der Waals surface area contributed by atoms with Crippen molar-refractivity contribution in [2.75, 3.05) is 51.2 Å². The van der Waals surface area contributed by atoms with E-state index in [4.69, 9.17) is 42.6 Å². The van der Waals surface area contributed by atoms with Crippen LogP contribution < -0.4 is 14.4 Å². The number of nitrogens with one attached hydrogen (secondary N) is 1. The first-order valence-corrected chi connectivity index (χ1v) is 13.7. The first-order valence-electron chi connectivity index (χ1n) is 13.0. The minimum atomic E-state index is -0.0839. The maximum absolute atomic E-state index is 12.2. The highest BCUT2D eigenvalue weighted by molar-refractivity contribution is 6.44. The van der Waals surface area contributed by atoms with E-state index in [1.807, 2.05) is 6.07 Å². The van der Waals surface area contributed by atoms with Crippen molar-refractivity contribution in [3.05, 3.63) is 47.2 Å². The van der Waals surface area contributed by atoms with Crippen LogP contribution in [-0.4, -0.2) is 93.3 Å². The third-order valence-electron chi connectivity index (χ3n) is 7.38. The van der Waals surface area contributed by atoms with Crippen LogP contribution in [0.15, 0.2) is 37.2 Å². The van der Waals surface area contributed by atoms with Gasteiger partial charge in [-0.15, -0.1) is 0 Å². The molecule has 0 spiro atoms. The van der Waals surface area contributed by atoms with Gasteiger partial charge in [0.1, 0.15) is 22.5 Å². The largest absolute Gasteiger partial charge is 0.458 e. The summed E-state index contributed by atoms with van der Waals surface area (Å²) in [6.45, 7) is 9.71. The van der Waals surface area contributed by atoms with Crippen LogP contribution in [0.25, 0.3) is 21.8 Å². The summed E-state index contributed by atoms with van der Waals surface area (Å²) in [5, 5.41) is 8.94. The van der Waals surface area contributed by atoms with Crippen LogP contribution in [0, 0.1) is 5.92 Å². The van der Waals surface area contributed by atoms with E-state index in [9.17, 15) is 4.79 Å². The number of pyridine rings is 1. The Morgan fingerprint density at radius 2 is 1.98 bits per heavy atom. The van der Waals surface area contributed by atoms with Crippen molar-refractivity contribution in [1.29, 1.82) is 0 Å². The molecule has 1 amide bonds. The predicted octanol–water partition coefficient (Wildman–Crippen LogP) is 4.16. The van der Waals surface area contributed by atoms with Gasteiger partial charge in [0.2, 0.25) is 11.8 Å². The molecule has 0 aliphatic carbocycles. The van der Waals surface area contributed by atoms with Gasteiger partial charge < -0.3 is 24.2 Å². The number of amides is 1. The van der Waals surface area contributed by atoms with E-state index < -0.39 is 0 Å². The molecule has 1 N–H and O–H groups in total. The predicted molar refractivity (Wildman–Crippen MR) is 154 cm³/mol. The zero-order valence-electron chi connectivity index (χ0n) is 22.1. The Labute approximate surface area is 240 Å². The molecule has 3 aromatic heterocycles. The molecule has 40 heavy (non-hydrogen) atoms. The maximum Gasteiger partial charge on any atom is 0.319 e. The van der Waals surface area contributed by atoms with Gasteiger partial charge in [-0.25, -0.2) is 4.98 Å². The lowest BCUT2D eigenvalue weighted by Crippen LogP contribution is -2.48. The SMILES string of the molecule is C=CC(=O)N1CCN(c2nc(O[C@@H]3CN(C)CC3C)nc3c(Oc4c(Cl)c(Cl)cc5[nH]ncc45)nccc23)CC1. The van der Waals surface area contributed by atoms with E-state index in [0.717, 1.165) is 18.5 Å². The van der Waals surface area contributed by atoms with Gasteiger partial charge in [-0.1, -0.05) is 36.7 Å². The molecule has 11 nitrogen and oxygen atoms in total. The molecule has 1 aromatic carbocycles. The number of nitrogens with zero attached hydrogens (tertiary/aromatic N) is 7. The lowest BCUT2D eigenvalue weighted by atomic mass is 10.1. The molecule has 2 fully saturated rings. The van der Waals surface area contributed by atoms with E-state index in [1.54, 1.807) is 23.4 Å². The van der Waals surface area contributed by atoms with Gasteiger partial charge in [0.05, 0.1) is 27.5 Å². The number of benzene rings is 1. The zero-order valence-corrected chi connectivity index (χ0v) is 23.6. The first-order chi connectivity index (χ1) is 19.3. The third-order valence-corrected chi connectivity index (χ3v) is 8.15. The van der Waals surface area contributed by atoms with Crippen LogP contribution in [0.3, 0.4) is 0 Å². The first kappa shape index (κ1) is 26.5. The van der Waals surface area contributed by atoms with Crippen LogP contribution >= 0.6 is 23.2 Å². The van der Waals surface area contributed by atoms with Crippen LogP contribution in [0.1, 0.15) is 6.92 Å². The molecule has 0 saturated carbocycles. The van der Waals surface area contributed by atoms with Gasteiger partial charge in [-0.05, 0) is 25.3 Å². The molecule has 13 heteroatoms. The average molecular weight is 583 g/mol. The number of likely N-dealkylation sites (tertiary alicyclic amines) is 1. The molecule has 208 valence electrons. The molecule has 4 aromatic rings. The van der Waals surface area contributed by atoms with Crippen molar-refractivity contribution in [2.24, 2.45) is 5.92 Å². The number of likely N-dealkylation sites (N-methyl/N-ethyl adjacent to an activating group) is 1. The summed E-state index contributed by atoms with van der Waals surface area (Å²) in [4.78, 5) is 32.4. The minimum absolute atomic E-state index is 0.0636. The van der Waals surface area contributed by atoms with Gasteiger partial charge >= 0.3 is 6.01 Å². The topological polar surface area (TPSA) is 113 Å². The lowest BCUT2D eigenvalue weighted by molar-refractivity contribution is -0.126. The van der Waals surface area contributed by atoms with Crippen LogP contribution in [0.4, 0.5) is 5.82 Å². The van der Waals surface area contributed by atoms with Crippen molar-refractivity contribution in [3.8, 4) is 17.6 Å². The quantitative estimate of drug-likeness (QED) is 0.335. The number of halogens is 2. The molecule has 2 saturated heterocycles. The van der Waals surface area contributed by atoms with Crippen molar-refractivity contribution >= 4 is 56.7 Å². The van der Waals surface area contributed by atoms with E-state index >= 15 is 0 Å². The van der Waals surface area contributed by atoms with E-state index in [0.29, 0.717) is 65.1 Å². The number of fused-ring (bicyclic) bond motifs is 2. The standard InChI is InChI=1S/C27H28Cl2N8O3/c1-4-21(38)36-7-9-37(10-8-36)25-16-5-6-30-26(40-24-17-12-31-34-19(17)11-18(28)22(24)29)23(16)32-27(33-25)39-20-14-35(3)13-15(20)2/h4-6,11-12,15,20H,1,7-10,13-14H2,2-3H3,(H,31,34)/t15?,20-/m1/s1. The Kier molecular flexibility index (Phi) is 7.11. The zero-order chi connectivity index (χ0) is 28.0. The number of carbonyl (C=O) groups is 1. The summed E-state index contributed by atoms with van der Waals surface area (Å²) in [6, 6.07) is 3.78. The summed E-state index contributed by atoms with van der Waals surface area (Å²) in [6.07, 6.45) is 4.54. The minimum Gasteiger partial charge on any atom is -0.458 e. The highest BCUT2D eigenvalue weighted by Gasteiger charge is 2.31. The molecular formula is C27H28Cl2N8O3. The van der Waals surface area contributed by atoms with Crippen molar-refractivity contribution in [1.82, 2.24) is 34.9 Å². The Bertz CT molecular complexity index is 1600. The third kappa shape index (κ3) is 4.89. The molecule has 6 rings (SSSR count). The summed E-state index contributed by atoms with van der Waals surface area (Å²) >= 11 is 13.0. The summed E-state index contributed by atoms with van der Waals surface area (Å²) in [5.74, 6) is 1.46. The number of H-pyrrole nitrogens is 1. The molecule has 0 bridgehead atoms. The second-order valence-electron chi connectivity index (χ2n) is 10.1. The fraction of sp³-hybridized carbons (Fsp3) is 0.370. The Balaban J connectivity index is 1.43. The Morgan fingerprint density at radius 1 is 1.18 bits per heavy atom. The number of anilines is 1. The second kappa shape index (κ2) is 10.7. The number of ether oxygens (including phenoxy) is 2. The maximum atomic E-state index is 12.2. The van der Waals surface area contributed by atoms with E-state index in [-0.39, 0.29) is 28.9 Å². The number of carbonyl (C=O) groups excluding carboxylic acids is 1. The normalized spacial score (nSPS) is 19.9. The monoisotopic (exact) mass is 582 g/mol. The summed E-state index contributed by atoms with van der Waals surface area (Å²) < 4.78 is 12.7. The number of aromatic amines is 1. The number of hydrogen-bond donors (Lipinski definition) is 1. The van der Waals surface area contributed by atoms with Crippen molar-refractivity contribution in [3.63, 3.8) is 0 Å². The van der Waals surface area contributed by atoms with Crippen LogP contribution in [0.2, 0.25) is 10.0 Å². The van der Waals surface area contributed by atoms with Crippen molar-refractivity contribution in [2.45, 2.75) is 13.0 Å². The Hall–Kier alpha value is -3.67. The van der Waals surface area contributed by atoms with Gasteiger partial charge in [-0.3, -0.25) is 9.89 Å². The van der Waals surface area contributed by atoms with E-state index in [1.165, 1.54) is 6.08 Å². The summed E-state index contributed by atoms with van der Waals surface area (Å²) in [7, 11) is 2.07. The number of piperazine rings is 1. The number of aromatic nitrogens is 5. The molecule has 5 heterocycles. The van der Waals surface area contributed by atoms with Gasteiger partial charge in [0.15, 0.2) is 5.75 Å². The molecule has 0 radical (unpaired) electrons. The summed E-state index contributed by atoms with van der Waals surface area (Å²) in [5.41, 5.74) is 1.15. The van der Waals surface area contributed by atoms with Gasteiger partial charge in [0, 0.05) is 51.4 Å². The second-order valence-corrected chi connectivity index (χ2v) is 10.9. The van der Waals surface area contributed by atoms with Gasteiger partial charge in [0.25, 0.3) is 0 Å². The molecule has 1 unspecified atom stereocenters. The van der Waals surface area contributed by atoms with E-state index in [2.05, 4.69) is 45.5 Å². The van der Waals surface area contributed by atoms with Crippen LogP contribution in [0.5, 0.6) is 17.6 Å². The molecule has 2 aliphatic rings. The molecular weight excluding hydrogens is 555 g/mol. The lowest BCUT2D eigenvalue weighted by Gasteiger charge is -2.35. The smallest absolute Gasteiger partial charge is 0.319 e. The highest BCUT2D eigenvalue weighted by atomic mass is 35.5. The van der Waals surface area contributed by atoms with Crippen molar-refractivity contribution < 1.29 is 14.3 Å². The fourth-order valence-electron chi connectivity index (χ4n) is 5.29. The molecule has 2 aliphatic heterocycles. The average Bonchev–Trinajstić information content (AvgIpc) is 3.55.